The molecule has 0 N–H and O–H groups in total. The van der Waals surface area contributed by atoms with Crippen molar-refractivity contribution in [2.24, 2.45) is 4.99 Å². The van der Waals surface area contributed by atoms with Gasteiger partial charge in [0.25, 0.3) is 0 Å². The molecular weight excluding hydrogens is 260 g/mol. The highest BCUT2D eigenvalue weighted by Crippen LogP contribution is 2.48. The molecule has 3 nitrogen and oxygen atoms in total. The summed E-state index contributed by atoms with van der Waals surface area (Å²) < 4.78 is 5.30. The minimum absolute atomic E-state index is 0.225. The van der Waals surface area contributed by atoms with E-state index in [1.165, 1.54) is 29.7 Å². The molecule has 1 fully saturated rings. The van der Waals surface area contributed by atoms with Gasteiger partial charge in [0, 0.05) is 7.05 Å². The summed E-state index contributed by atoms with van der Waals surface area (Å²) in [5.74, 6) is 0. The zero-order valence-electron chi connectivity index (χ0n) is 12.3. The summed E-state index contributed by atoms with van der Waals surface area (Å²) in [5, 5.41) is 0. The van der Waals surface area contributed by atoms with Crippen molar-refractivity contribution >= 4 is 5.71 Å². The Bertz CT molecular complexity index is 626. The molecule has 4 rings (SSSR count). The Morgan fingerprint density at radius 1 is 1.14 bits per heavy atom. The van der Waals surface area contributed by atoms with Gasteiger partial charge in [-0.15, -0.1) is 0 Å². The van der Waals surface area contributed by atoms with E-state index >= 15 is 0 Å². The number of hydrogen-bond donors (Lipinski definition) is 0. The van der Waals surface area contributed by atoms with Crippen LogP contribution < -0.4 is 0 Å². The molecule has 3 heteroatoms. The van der Waals surface area contributed by atoms with Gasteiger partial charge in [0.2, 0.25) is 0 Å². The van der Waals surface area contributed by atoms with Crippen molar-refractivity contribution in [2.45, 2.75) is 24.3 Å². The zero-order chi connectivity index (χ0) is 14.3. The highest BCUT2D eigenvalue weighted by atomic mass is 16.5. The van der Waals surface area contributed by atoms with Crippen LogP contribution in [0.3, 0.4) is 0 Å². The summed E-state index contributed by atoms with van der Waals surface area (Å²) in [5.41, 5.74) is 3.74. The van der Waals surface area contributed by atoms with Gasteiger partial charge in [-0.25, -0.2) is 0 Å². The van der Waals surface area contributed by atoms with E-state index in [9.17, 15) is 0 Å². The van der Waals surface area contributed by atoms with Gasteiger partial charge < -0.3 is 4.74 Å². The van der Waals surface area contributed by atoms with Gasteiger partial charge in [-0.3, -0.25) is 9.89 Å². The lowest BCUT2D eigenvalue weighted by Crippen LogP contribution is -2.36. The van der Waals surface area contributed by atoms with Crippen molar-refractivity contribution in [1.82, 2.24) is 4.90 Å². The monoisotopic (exact) mass is 280 g/mol. The minimum atomic E-state index is -0.225. The summed E-state index contributed by atoms with van der Waals surface area (Å²) in [6.45, 7) is 2.33. The third-order valence-electron chi connectivity index (χ3n) is 4.95. The normalized spacial score (nSPS) is 28.2. The van der Waals surface area contributed by atoms with Crippen molar-refractivity contribution in [1.29, 1.82) is 0 Å². The standard InChI is InChI=1S/C18H20N2O/c1-19-17-16(20-10-4-5-11-20)14-6-2-3-7-15(14)18(17)8-12-21-13-9-18/h2-3,6-9,12-13,16H,4-5,10-11H2,1H3. The van der Waals surface area contributed by atoms with Gasteiger partial charge in [-0.1, -0.05) is 24.3 Å². The first-order valence-electron chi connectivity index (χ1n) is 7.68. The Hall–Kier alpha value is -1.87. The molecule has 0 amide bonds. The van der Waals surface area contributed by atoms with Crippen LogP contribution in [-0.2, 0) is 10.2 Å². The van der Waals surface area contributed by atoms with Crippen LogP contribution in [0.5, 0.6) is 0 Å². The molecule has 1 saturated heterocycles. The number of ether oxygens (including phenoxy) is 1. The second-order valence-corrected chi connectivity index (χ2v) is 5.95. The number of nitrogens with zero attached hydrogens (tertiary/aromatic N) is 2. The number of rotatable bonds is 1. The van der Waals surface area contributed by atoms with Crippen LogP contribution in [-0.4, -0.2) is 30.7 Å². The second kappa shape index (κ2) is 4.85. The van der Waals surface area contributed by atoms with Gasteiger partial charge in [0.1, 0.15) is 0 Å². The molecule has 3 aliphatic rings. The third-order valence-corrected chi connectivity index (χ3v) is 4.95. The predicted octanol–water partition coefficient (Wildman–Crippen LogP) is 3.20. The fraction of sp³-hybridized carbons (Fsp3) is 0.389. The van der Waals surface area contributed by atoms with Crippen LogP contribution in [0.15, 0.2) is 53.9 Å². The quantitative estimate of drug-likeness (QED) is 0.789. The molecule has 108 valence electrons. The first-order valence-corrected chi connectivity index (χ1v) is 7.68. The van der Waals surface area contributed by atoms with E-state index in [0.29, 0.717) is 6.04 Å². The lowest BCUT2D eigenvalue weighted by Gasteiger charge is -2.30. The van der Waals surface area contributed by atoms with Gasteiger partial charge in [-0.05, 0) is 49.2 Å². The highest BCUT2D eigenvalue weighted by molar-refractivity contribution is 6.07. The number of aliphatic imine (C=N–C) groups is 1. The lowest BCUT2D eigenvalue weighted by atomic mass is 9.79. The van der Waals surface area contributed by atoms with Crippen LogP contribution in [0.1, 0.15) is 30.0 Å². The van der Waals surface area contributed by atoms with E-state index in [4.69, 9.17) is 9.73 Å². The van der Waals surface area contributed by atoms with Crippen LogP contribution in [0.4, 0.5) is 0 Å². The zero-order valence-corrected chi connectivity index (χ0v) is 12.3. The molecule has 0 saturated carbocycles. The topological polar surface area (TPSA) is 24.8 Å². The van der Waals surface area contributed by atoms with E-state index in [1.54, 1.807) is 12.5 Å². The summed E-state index contributed by atoms with van der Waals surface area (Å²) in [6.07, 6.45) is 10.4. The lowest BCUT2D eigenvalue weighted by molar-refractivity contribution is 0.305. The van der Waals surface area contributed by atoms with Crippen molar-refractivity contribution < 1.29 is 4.74 Å². The summed E-state index contributed by atoms with van der Waals surface area (Å²) in [6, 6.07) is 9.06. The average Bonchev–Trinajstić information content (AvgIpc) is 3.14. The molecule has 0 aromatic heterocycles. The van der Waals surface area contributed by atoms with Crippen molar-refractivity contribution in [3.05, 3.63) is 60.1 Å². The Kier molecular flexibility index (Phi) is 2.96. The summed E-state index contributed by atoms with van der Waals surface area (Å²) in [4.78, 5) is 7.30. The molecule has 21 heavy (non-hydrogen) atoms. The minimum Gasteiger partial charge on any atom is -0.473 e. The number of likely N-dealkylation sites (tertiary alicyclic amines) is 1. The molecular formula is C18H20N2O. The van der Waals surface area contributed by atoms with Gasteiger partial charge in [0.05, 0.1) is 29.7 Å². The first kappa shape index (κ1) is 12.8. The van der Waals surface area contributed by atoms with Crippen molar-refractivity contribution in [3.63, 3.8) is 0 Å². The molecule has 1 unspecified atom stereocenters. The number of benzene rings is 1. The predicted molar refractivity (Wildman–Crippen MR) is 84.4 cm³/mol. The molecule has 1 aromatic rings. The summed E-state index contributed by atoms with van der Waals surface area (Å²) >= 11 is 0. The summed E-state index contributed by atoms with van der Waals surface area (Å²) in [7, 11) is 1.92. The Morgan fingerprint density at radius 3 is 2.57 bits per heavy atom. The number of hydrogen-bond acceptors (Lipinski definition) is 3. The Balaban J connectivity index is 1.92. The second-order valence-electron chi connectivity index (χ2n) is 5.95. The van der Waals surface area contributed by atoms with Crippen LogP contribution >= 0.6 is 0 Å². The third kappa shape index (κ3) is 1.74. The molecule has 1 spiro atoms. The van der Waals surface area contributed by atoms with Gasteiger partial charge in [-0.2, -0.15) is 0 Å². The molecule has 0 bridgehead atoms. The van der Waals surface area contributed by atoms with Crippen molar-refractivity contribution in [3.8, 4) is 0 Å². The van der Waals surface area contributed by atoms with Gasteiger partial charge in [0.15, 0.2) is 0 Å². The average molecular weight is 280 g/mol. The number of allylic oxidation sites excluding steroid dienone is 2. The van der Waals surface area contributed by atoms with Crippen LogP contribution in [0, 0.1) is 0 Å². The molecule has 1 atom stereocenters. The highest BCUT2D eigenvalue weighted by Gasteiger charge is 2.49. The molecule has 2 heterocycles. The SMILES string of the molecule is CN=C1C(N2CCCC2)c2ccccc2C12C=COC=C2. The van der Waals surface area contributed by atoms with E-state index < -0.39 is 0 Å². The maximum atomic E-state index is 5.30. The van der Waals surface area contributed by atoms with E-state index in [0.717, 1.165) is 13.1 Å². The van der Waals surface area contributed by atoms with E-state index in [-0.39, 0.29) is 5.41 Å². The van der Waals surface area contributed by atoms with E-state index in [1.807, 2.05) is 7.05 Å². The molecule has 1 aromatic carbocycles. The molecule has 1 aliphatic carbocycles. The van der Waals surface area contributed by atoms with E-state index in [2.05, 4.69) is 41.3 Å². The molecule has 2 aliphatic heterocycles. The fourth-order valence-electron chi connectivity index (χ4n) is 4.04. The smallest absolute Gasteiger partial charge is 0.0877 e. The maximum Gasteiger partial charge on any atom is 0.0877 e. The van der Waals surface area contributed by atoms with Crippen LogP contribution in [0.25, 0.3) is 0 Å². The fourth-order valence-corrected chi connectivity index (χ4v) is 4.04. The first-order chi connectivity index (χ1) is 10.4. The number of fused-ring (bicyclic) bond motifs is 2. The molecule has 0 radical (unpaired) electrons. The maximum absolute atomic E-state index is 5.30. The Labute approximate surface area is 125 Å². The van der Waals surface area contributed by atoms with Gasteiger partial charge >= 0.3 is 0 Å². The Morgan fingerprint density at radius 2 is 1.86 bits per heavy atom. The largest absolute Gasteiger partial charge is 0.473 e. The van der Waals surface area contributed by atoms with Crippen LogP contribution in [0.2, 0.25) is 0 Å². The van der Waals surface area contributed by atoms with Crippen molar-refractivity contribution in [2.75, 3.05) is 20.1 Å².